The Morgan fingerprint density at radius 3 is 2.38 bits per heavy atom. The van der Waals surface area contributed by atoms with E-state index in [2.05, 4.69) is 10.6 Å². The summed E-state index contributed by atoms with van der Waals surface area (Å²) in [6.07, 6.45) is 0. The Hall–Kier alpha value is -3.60. The van der Waals surface area contributed by atoms with E-state index in [4.69, 9.17) is 0 Å². The van der Waals surface area contributed by atoms with Gasteiger partial charge in [0.1, 0.15) is 17.4 Å². The molecule has 0 aliphatic carbocycles. The molecule has 0 radical (unpaired) electrons. The molecule has 1 aliphatic rings. The van der Waals surface area contributed by atoms with Gasteiger partial charge >= 0.3 is 0 Å². The molecule has 0 spiro atoms. The second-order valence-electron chi connectivity index (χ2n) is 6.09. The zero-order valence-electron chi connectivity index (χ0n) is 13.8. The predicted molar refractivity (Wildman–Crippen MR) is 99.6 cm³/mol. The van der Waals surface area contributed by atoms with Crippen LogP contribution in [0.5, 0.6) is 0 Å². The number of rotatable bonds is 3. The molecule has 128 valence electrons. The van der Waals surface area contributed by atoms with Crippen molar-refractivity contribution in [1.82, 2.24) is 5.32 Å². The Labute approximate surface area is 150 Å². The molecule has 1 aliphatic heterocycles. The summed E-state index contributed by atoms with van der Waals surface area (Å²) in [5.41, 5.74) is 1.02. The van der Waals surface area contributed by atoms with Crippen LogP contribution in [0.1, 0.15) is 11.6 Å². The van der Waals surface area contributed by atoms with Crippen molar-refractivity contribution in [2.45, 2.75) is 6.04 Å². The maximum atomic E-state index is 12.6. The van der Waals surface area contributed by atoms with Gasteiger partial charge in [-0.1, -0.05) is 60.7 Å². The van der Waals surface area contributed by atoms with E-state index in [0.717, 1.165) is 10.8 Å². The number of aliphatic hydroxyl groups is 1. The quantitative estimate of drug-likeness (QED) is 0.637. The number of anilines is 1. The van der Waals surface area contributed by atoms with Gasteiger partial charge in [0.2, 0.25) is 0 Å². The summed E-state index contributed by atoms with van der Waals surface area (Å²) >= 11 is 0. The first-order valence-corrected chi connectivity index (χ1v) is 8.22. The summed E-state index contributed by atoms with van der Waals surface area (Å²) in [5.74, 6) is -1.48. The molecule has 1 heterocycles. The molecule has 0 saturated carbocycles. The first kappa shape index (κ1) is 15.9. The van der Waals surface area contributed by atoms with Crippen molar-refractivity contribution >= 4 is 28.3 Å². The first-order valence-electron chi connectivity index (χ1n) is 8.22. The SMILES string of the molecule is O=C(Nc1ccc2ccccc2c1)C1=C(O)C(c2ccccc2)NC1=O. The van der Waals surface area contributed by atoms with Crippen molar-refractivity contribution in [2.24, 2.45) is 0 Å². The lowest BCUT2D eigenvalue weighted by Gasteiger charge is -2.10. The van der Waals surface area contributed by atoms with Gasteiger partial charge in [-0.2, -0.15) is 0 Å². The molecule has 5 heteroatoms. The van der Waals surface area contributed by atoms with Crippen molar-refractivity contribution in [2.75, 3.05) is 5.32 Å². The first-order chi connectivity index (χ1) is 12.6. The highest BCUT2D eigenvalue weighted by atomic mass is 16.3. The molecule has 0 aromatic heterocycles. The topological polar surface area (TPSA) is 78.4 Å². The van der Waals surface area contributed by atoms with Gasteiger partial charge in [-0.05, 0) is 28.5 Å². The van der Waals surface area contributed by atoms with Gasteiger partial charge in [0.25, 0.3) is 11.8 Å². The summed E-state index contributed by atoms with van der Waals surface area (Å²) in [4.78, 5) is 24.8. The summed E-state index contributed by atoms with van der Waals surface area (Å²) in [6.45, 7) is 0. The molecule has 26 heavy (non-hydrogen) atoms. The van der Waals surface area contributed by atoms with Crippen LogP contribution in [0, 0.1) is 0 Å². The van der Waals surface area contributed by atoms with Crippen molar-refractivity contribution in [3.63, 3.8) is 0 Å². The van der Waals surface area contributed by atoms with Crippen LogP contribution in [0.4, 0.5) is 5.69 Å². The summed E-state index contributed by atoms with van der Waals surface area (Å²) in [6, 6.07) is 21.6. The Kier molecular flexibility index (Phi) is 3.89. The van der Waals surface area contributed by atoms with Crippen molar-refractivity contribution in [3.8, 4) is 0 Å². The van der Waals surface area contributed by atoms with E-state index in [9.17, 15) is 14.7 Å². The van der Waals surface area contributed by atoms with Gasteiger partial charge in [-0.25, -0.2) is 0 Å². The number of aliphatic hydroxyl groups excluding tert-OH is 1. The van der Waals surface area contributed by atoms with Crippen molar-refractivity contribution < 1.29 is 14.7 Å². The summed E-state index contributed by atoms with van der Waals surface area (Å²) in [5, 5.41) is 17.8. The molecule has 1 atom stereocenters. The van der Waals surface area contributed by atoms with Crippen LogP contribution in [0.2, 0.25) is 0 Å². The largest absolute Gasteiger partial charge is 0.509 e. The van der Waals surface area contributed by atoms with Gasteiger partial charge < -0.3 is 15.7 Å². The third-order valence-corrected chi connectivity index (χ3v) is 4.40. The van der Waals surface area contributed by atoms with Crippen LogP contribution < -0.4 is 10.6 Å². The van der Waals surface area contributed by atoms with Gasteiger partial charge in [-0.3, -0.25) is 9.59 Å². The number of amides is 2. The number of hydrogen-bond donors (Lipinski definition) is 3. The average molecular weight is 344 g/mol. The van der Waals surface area contributed by atoms with Crippen LogP contribution in [0.15, 0.2) is 84.1 Å². The van der Waals surface area contributed by atoms with Gasteiger partial charge in [0.05, 0.1) is 0 Å². The molecule has 3 N–H and O–H groups in total. The Balaban J connectivity index is 1.62. The molecule has 2 amide bonds. The standard InChI is InChI=1S/C21H16N2O3/c24-19-17(21(26)23-18(19)14-7-2-1-3-8-14)20(25)22-16-11-10-13-6-4-5-9-15(13)12-16/h1-12,18,24H,(H,22,25)(H,23,26). The molecule has 3 aromatic rings. The second kappa shape index (κ2) is 6.37. The fourth-order valence-electron chi connectivity index (χ4n) is 3.10. The Morgan fingerprint density at radius 2 is 1.62 bits per heavy atom. The molecular formula is C21H16N2O3. The fourth-order valence-corrected chi connectivity index (χ4v) is 3.10. The lowest BCUT2D eigenvalue weighted by molar-refractivity contribution is -0.120. The molecular weight excluding hydrogens is 328 g/mol. The zero-order chi connectivity index (χ0) is 18.1. The van der Waals surface area contributed by atoms with Crippen LogP contribution in [-0.2, 0) is 9.59 Å². The molecule has 0 fully saturated rings. The number of carbonyl (C=O) groups is 2. The maximum absolute atomic E-state index is 12.6. The maximum Gasteiger partial charge on any atom is 0.264 e. The van der Waals surface area contributed by atoms with E-state index >= 15 is 0 Å². The van der Waals surface area contributed by atoms with Crippen LogP contribution in [0.25, 0.3) is 10.8 Å². The predicted octanol–water partition coefficient (Wildman–Crippen LogP) is 3.46. The third-order valence-electron chi connectivity index (χ3n) is 4.40. The number of nitrogens with one attached hydrogen (secondary N) is 2. The summed E-state index contributed by atoms with van der Waals surface area (Å²) in [7, 11) is 0. The minimum atomic E-state index is -0.707. The highest BCUT2D eigenvalue weighted by Crippen LogP contribution is 2.29. The lowest BCUT2D eigenvalue weighted by atomic mass is 10.1. The minimum absolute atomic E-state index is 0.257. The van der Waals surface area contributed by atoms with E-state index in [1.165, 1.54) is 0 Å². The lowest BCUT2D eigenvalue weighted by Crippen LogP contribution is -2.26. The molecule has 5 nitrogen and oxygen atoms in total. The monoisotopic (exact) mass is 344 g/mol. The molecule has 4 rings (SSSR count). The highest BCUT2D eigenvalue weighted by molar-refractivity contribution is 6.24. The molecule has 1 unspecified atom stereocenters. The zero-order valence-corrected chi connectivity index (χ0v) is 13.8. The third kappa shape index (κ3) is 2.80. The van der Waals surface area contributed by atoms with E-state index in [1.54, 1.807) is 18.2 Å². The van der Waals surface area contributed by atoms with Crippen LogP contribution in [-0.4, -0.2) is 16.9 Å². The molecule has 0 bridgehead atoms. The Morgan fingerprint density at radius 1 is 0.923 bits per heavy atom. The normalized spacial score (nSPS) is 16.6. The molecule has 0 saturated heterocycles. The smallest absolute Gasteiger partial charge is 0.264 e. The van der Waals surface area contributed by atoms with E-state index in [1.807, 2.05) is 54.6 Å². The Bertz CT molecular complexity index is 1040. The van der Waals surface area contributed by atoms with E-state index < -0.39 is 17.9 Å². The number of hydrogen-bond acceptors (Lipinski definition) is 3. The van der Waals surface area contributed by atoms with E-state index in [-0.39, 0.29) is 11.3 Å². The number of carbonyl (C=O) groups excluding carboxylic acids is 2. The van der Waals surface area contributed by atoms with Crippen LogP contribution >= 0.6 is 0 Å². The van der Waals surface area contributed by atoms with Gasteiger partial charge in [-0.15, -0.1) is 0 Å². The van der Waals surface area contributed by atoms with E-state index in [0.29, 0.717) is 11.3 Å². The number of fused-ring (bicyclic) bond motifs is 1. The van der Waals surface area contributed by atoms with Gasteiger partial charge in [0.15, 0.2) is 0 Å². The fraction of sp³-hybridized carbons (Fsp3) is 0.0476. The minimum Gasteiger partial charge on any atom is -0.509 e. The average Bonchev–Trinajstić information content (AvgIpc) is 2.96. The van der Waals surface area contributed by atoms with Crippen molar-refractivity contribution in [3.05, 3.63) is 89.7 Å². The van der Waals surface area contributed by atoms with Crippen molar-refractivity contribution in [1.29, 1.82) is 0 Å². The summed E-state index contributed by atoms with van der Waals surface area (Å²) < 4.78 is 0. The highest BCUT2D eigenvalue weighted by Gasteiger charge is 2.36. The number of benzene rings is 3. The second-order valence-corrected chi connectivity index (χ2v) is 6.09. The van der Waals surface area contributed by atoms with Crippen LogP contribution in [0.3, 0.4) is 0 Å². The molecule has 3 aromatic carbocycles. The van der Waals surface area contributed by atoms with Gasteiger partial charge in [0, 0.05) is 5.69 Å².